The maximum atomic E-state index is 9.25. The molecule has 0 saturated carbocycles. The molecular weight excluding hydrogens is 220 g/mol. The van der Waals surface area contributed by atoms with Crippen LogP contribution in [0.25, 0.3) is 0 Å². The fourth-order valence-corrected chi connectivity index (χ4v) is 2.25. The molecule has 0 amide bonds. The molecule has 2 N–H and O–H groups in total. The Morgan fingerprint density at radius 2 is 2.12 bits per heavy atom. The number of thioether (sulfide) groups is 1. The van der Waals surface area contributed by atoms with Gasteiger partial charge in [-0.1, -0.05) is 13.8 Å². The van der Waals surface area contributed by atoms with Gasteiger partial charge in [-0.3, -0.25) is 5.32 Å². The summed E-state index contributed by atoms with van der Waals surface area (Å²) < 4.78 is 0. The molecule has 0 rings (SSSR count). The van der Waals surface area contributed by atoms with E-state index in [1.54, 1.807) is 11.8 Å². The minimum absolute atomic E-state index is 0.246. The summed E-state index contributed by atoms with van der Waals surface area (Å²) in [5.74, 6) is 1.83. The van der Waals surface area contributed by atoms with Gasteiger partial charge in [0.2, 0.25) is 0 Å². The van der Waals surface area contributed by atoms with Gasteiger partial charge in [0.15, 0.2) is 0 Å². The quantitative estimate of drug-likeness (QED) is 0.578. The van der Waals surface area contributed by atoms with E-state index in [4.69, 9.17) is 5.11 Å². The van der Waals surface area contributed by atoms with E-state index in [0.717, 1.165) is 43.7 Å². The lowest BCUT2D eigenvalue weighted by Gasteiger charge is -2.26. The summed E-state index contributed by atoms with van der Waals surface area (Å²) in [5.41, 5.74) is -0.338. The highest BCUT2D eigenvalue weighted by Gasteiger charge is 2.25. The lowest BCUT2D eigenvalue weighted by atomic mass is 9.92. The van der Waals surface area contributed by atoms with E-state index in [9.17, 15) is 5.26 Å². The molecule has 1 unspecified atom stereocenters. The van der Waals surface area contributed by atoms with Crippen molar-refractivity contribution in [3.63, 3.8) is 0 Å². The number of hydrogen-bond acceptors (Lipinski definition) is 4. The number of nitrogens with one attached hydrogen (secondary N) is 1. The first-order valence-corrected chi connectivity index (χ1v) is 7.25. The number of rotatable bonds is 10. The number of aliphatic hydroxyl groups is 1. The molecule has 0 aliphatic heterocycles. The van der Waals surface area contributed by atoms with E-state index in [1.807, 2.05) is 0 Å². The molecule has 0 heterocycles. The molecular formula is C12H24N2OS. The molecule has 1 atom stereocenters. The summed E-state index contributed by atoms with van der Waals surface area (Å²) in [7, 11) is 0. The van der Waals surface area contributed by atoms with Crippen LogP contribution in [0.5, 0.6) is 0 Å². The Morgan fingerprint density at radius 3 is 2.62 bits per heavy atom. The van der Waals surface area contributed by atoms with Crippen molar-refractivity contribution >= 4 is 11.8 Å². The zero-order valence-corrected chi connectivity index (χ0v) is 11.3. The SMILES string of the molecule is CCCNC(C#N)(CC)CCCSCCO. The standard InChI is InChI=1S/C12H24N2OS/c1-3-7-14-12(4-2,11-13)6-5-9-16-10-8-15/h14-15H,3-10H2,1-2H3. The van der Waals surface area contributed by atoms with E-state index in [2.05, 4.69) is 25.2 Å². The Bertz CT molecular complexity index is 206. The summed E-state index contributed by atoms with van der Waals surface area (Å²) in [6.07, 6.45) is 3.85. The first-order valence-electron chi connectivity index (χ1n) is 6.09. The smallest absolute Gasteiger partial charge is 0.106 e. The van der Waals surface area contributed by atoms with Gasteiger partial charge in [-0.05, 0) is 38.0 Å². The van der Waals surface area contributed by atoms with Crippen LogP contribution in [0.3, 0.4) is 0 Å². The molecule has 0 aliphatic rings. The lowest BCUT2D eigenvalue weighted by molar-refractivity contribution is 0.322. The molecule has 0 bridgehead atoms. The predicted octanol–water partition coefficient (Wildman–Crippen LogP) is 2.16. The molecule has 0 aromatic carbocycles. The zero-order chi connectivity index (χ0) is 12.3. The molecule has 0 aromatic rings. The van der Waals surface area contributed by atoms with Gasteiger partial charge in [0.25, 0.3) is 0 Å². The first-order chi connectivity index (χ1) is 7.74. The Kier molecular flexibility index (Phi) is 9.80. The van der Waals surface area contributed by atoms with E-state index in [1.165, 1.54) is 0 Å². The van der Waals surface area contributed by atoms with Crippen molar-refractivity contribution in [2.45, 2.75) is 45.1 Å². The fraction of sp³-hybridized carbons (Fsp3) is 0.917. The lowest BCUT2D eigenvalue weighted by Crippen LogP contribution is -2.43. The van der Waals surface area contributed by atoms with Crippen LogP contribution in [0.4, 0.5) is 0 Å². The highest BCUT2D eigenvalue weighted by atomic mass is 32.2. The minimum atomic E-state index is -0.338. The molecule has 94 valence electrons. The predicted molar refractivity (Wildman–Crippen MR) is 70.6 cm³/mol. The second-order valence-corrected chi connectivity index (χ2v) is 5.14. The van der Waals surface area contributed by atoms with Gasteiger partial charge in [-0.2, -0.15) is 17.0 Å². The zero-order valence-electron chi connectivity index (χ0n) is 10.5. The largest absolute Gasteiger partial charge is 0.396 e. The Labute approximate surface area is 104 Å². The summed E-state index contributed by atoms with van der Waals surface area (Å²) in [4.78, 5) is 0. The van der Waals surface area contributed by atoms with E-state index in [0.29, 0.717) is 0 Å². The van der Waals surface area contributed by atoms with E-state index < -0.39 is 0 Å². The molecule has 0 aromatic heterocycles. The summed E-state index contributed by atoms with van der Waals surface area (Å²) in [6.45, 7) is 5.33. The van der Waals surface area contributed by atoms with Crippen LogP contribution >= 0.6 is 11.8 Å². The molecule has 0 aliphatic carbocycles. The highest BCUT2D eigenvalue weighted by Crippen LogP contribution is 2.18. The van der Waals surface area contributed by atoms with Gasteiger partial charge in [-0.15, -0.1) is 0 Å². The monoisotopic (exact) mass is 244 g/mol. The van der Waals surface area contributed by atoms with Crippen molar-refractivity contribution in [3.8, 4) is 6.07 Å². The van der Waals surface area contributed by atoms with Crippen LogP contribution in [0.15, 0.2) is 0 Å². The van der Waals surface area contributed by atoms with Gasteiger partial charge >= 0.3 is 0 Å². The maximum Gasteiger partial charge on any atom is 0.106 e. The van der Waals surface area contributed by atoms with E-state index in [-0.39, 0.29) is 12.1 Å². The van der Waals surface area contributed by atoms with Crippen LogP contribution < -0.4 is 5.32 Å². The number of nitrogens with zero attached hydrogens (tertiary/aromatic N) is 1. The molecule has 16 heavy (non-hydrogen) atoms. The normalized spacial score (nSPS) is 14.4. The van der Waals surface area contributed by atoms with Crippen molar-refractivity contribution in [2.75, 3.05) is 24.7 Å². The molecule has 0 fully saturated rings. The minimum Gasteiger partial charge on any atom is -0.396 e. The fourth-order valence-electron chi connectivity index (χ4n) is 1.57. The first kappa shape index (κ1) is 15.8. The van der Waals surface area contributed by atoms with Crippen molar-refractivity contribution < 1.29 is 5.11 Å². The van der Waals surface area contributed by atoms with Gasteiger partial charge in [0.1, 0.15) is 5.54 Å². The summed E-state index contributed by atoms with van der Waals surface area (Å²) in [6, 6.07) is 2.42. The van der Waals surface area contributed by atoms with Crippen molar-refractivity contribution in [1.29, 1.82) is 5.26 Å². The third-order valence-corrected chi connectivity index (χ3v) is 3.71. The van der Waals surface area contributed by atoms with Crippen LogP contribution in [0.1, 0.15) is 39.5 Å². The molecule has 0 saturated heterocycles. The van der Waals surface area contributed by atoms with Gasteiger partial charge in [-0.25, -0.2) is 0 Å². The highest BCUT2D eigenvalue weighted by molar-refractivity contribution is 7.99. The van der Waals surface area contributed by atoms with Gasteiger partial charge in [0, 0.05) is 5.75 Å². The molecule has 3 nitrogen and oxygen atoms in total. The number of aliphatic hydroxyl groups excluding tert-OH is 1. The Morgan fingerprint density at radius 1 is 1.38 bits per heavy atom. The topological polar surface area (TPSA) is 56.0 Å². The summed E-state index contributed by atoms with van der Waals surface area (Å²) >= 11 is 1.75. The summed E-state index contributed by atoms with van der Waals surface area (Å²) in [5, 5.41) is 21.2. The molecule has 0 radical (unpaired) electrons. The van der Waals surface area contributed by atoms with Crippen LogP contribution in [0.2, 0.25) is 0 Å². The van der Waals surface area contributed by atoms with Crippen LogP contribution in [0, 0.1) is 11.3 Å². The van der Waals surface area contributed by atoms with Crippen LogP contribution in [-0.2, 0) is 0 Å². The second-order valence-electron chi connectivity index (χ2n) is 3.91. The van der Waals surface area contributed by atoms with Crippen molar-refractivity contribution in [1.82, 2.24) is 5.32 Å². The van der Waals surface area contributed by atoms with Crippen molar-refractivity contribution in [3.05, 3.63) is 0 Å². The van der Waals surface area contributed by atoms with E-state index >= 15 is 0 Å². The Hall–Kier alpha value is -0.240. The number of hydrogen-bond donors (Lipinski definition) is 2. The molecule has 4 heteroatoms. The second kappa shape index (κ2) is 9.95. The van der Waals surface area contributed by atoms with Gasteiger partial charge < -0.3 is 5.11 Å². The van der Waals surface area contributed by atoms with Gasteiger partial charge in [0.05, 0.1) is 12.7 Å². The maximum absolute atomic E-state index is 9.25. The Balaban J connectivity index is 3.88. The third kappa shape index (κ3) is 6.37. The van der Waals surface area contributed by atoms with Crippen LogP contribution in [-0.4, -0.2) is 35.3 Å². The average molecular weight is 244 g/mol. The average Bonchev–Trinajstić information content (AvgIpc) is 2.33. The molecule has 0 spiro atoms. The van der Waals surface area contributed by atoms with Crippen molar-refractivity contribution in [2.24, 2.45) is 0 Å². The third-order valence-electron chi connectivity index (χ3n) is 2.66. The number of nitriles is 1.